The van der Waals surface area contributed by atoms with Crippen molar-refractivity contribution in [1.29, 1.82) is 0 Å². The van der Waals surface area contributed by atoms with E-state index in [4.69, 9.17) is 0 Å². The topological polar surface area (TPSA) is 36.4 Å². The van der Waals surface area contributed by atoms with E-state index in [1.54, 1.807) is 18.2 Å². The lowest BCUT2D eigenvalue weighted by Crippen LogP contribution is -2.50. The number of fused-ring (bicyclic) bond motifs is 5. The normalized spacial score (nSPS) is 42.3. The van der Waals surface area contributed by atoms with Gasteiger partial charge in [0.2, 0.25) is 0 Å². The van der Waals surface area contributed by atoms with Crippen molar-refractivity contribution in [2.24, 2.45) is 28.6 Å². The number of aromatic nitrogens is 1. The number of hydrogen-bond donors (Lipinski definition) is 1. The maximum Gasteiger partial charge on any atom is 0.0530 e. The fraction of sp³-hybridized carbons (Fsp3) is 0.640. The van der Waals surface area contributed by atoms with Gasteiger partial charge in [-0.3, -0.25) is 4.98 Å². The molecule has 0 aromatic carbocycles. The number of hydroxylamine groups is 2. The second kappa shape index (κ2) is 6.53. The van der Waals surface area contributed by atoms with Crippen molar-refractivity contribution in [2.45, 2.75) is 64.8 Å². The summed E-state index contributed by atoms with van der Waals surface area (Å²) < 4.78 is 0. The largest absolute Gasteiger partial charge is 0.314 e. The molecule has 0 spiro atoms. The molecule has 1 aromatic rings. The molecule has 4 aliphatic rings. The summed E-state index contributed by atoms with van der Waals surface area (Å²) in [5, 5.41) is 11.4. The van der Waals surface area contributed by atoms with Crippen LogP contribution >= 0.6 is 0 Å². The lowest BCUT2D eigenvalue weighted by Gasteiger charge is -2.58. The van der Waals surface area contributed by atoms with Crippen LogP contribution in [0, 0.1) is 28.6 Å². The van der Waals surface area contributed by atoms with Gasteiger partial charge in [-0.05, 0) is 90.7 Å². The molecule has 0 saturated heterocycles. The highest BCUT2D eigenvalue weighted by molar-refractivity contribution is 5.72. The average molecular weight is 379 g/mol. The standard InChI is InChI=1S/C25H34N2O/c1-24-12-10-19(27(3)28)15-18(24)6-7-20-22-9-8-21(17-5-4-14-26-16-17)25(22,2)13-11-23(20)24/h4-5,8,14-16,19-20,22-23,28H,6-7,9-13H2,1-3H3/t19?,20-,22+,23+,24+,25-/m1/s1. The zero-order valence-corrected chi connectivity index (χ0v) is 17.6. The van der Waals surface area contributed by atoms with E-state index in [1.807, 2.05) is 6.20 Å². The van der Waals surface area contributed by atoms with Crippen LogP contribution in [0.15, 0.2) is 42.3 Å². The van der Waals surface area contributed by atoms with E-state index in [0.717, 1.165) is 24.2 Å². The third-order valence-corrected chi connectivity index (χ3v) is 9.12. The van der Waals surface area contributed by atoms with Crippen LogP contribution < -0.4 is 0 Å². The summed E-state index contributed by atoms with van der Waals surface area (Å²) in [6.45, 7) is 5.07. The molecule has 28 heavy (non-hydrogen) atoms. The Balaban J connectivity index is 1.44. The van der Waals surface area contributed by atoms with Gasteiger partial charge in [-0.2, -0.15) is 5.06 Å². The van der Waals surface area contributed by atoms with Crippen LogP contribution in [0.3, 0.4) is 0 Å². The molecule has 1 unspecified atom stereocenters. The fourth-order valence-corrected chi connectivity index (χ4v) is 7.54. The maximum atomic E-state index is 9.95. The smallest absolute Gasteiger partial charge is 0.0530 e. The molecule has 2 saturated carbocycles. The molecular weight excluding hydrogens is 344 g/mol. The van der Waals surface area contributed by atoms with Gasteiger partial charge in [0.25, 0.3) is 0 Å². The lowest BCUT2D eigenvalue weighted by atomic mass is 9.46. The van der Waals surface area contributed by atoms with Crippen LogP contribution in [0.4, 0.5) is 0 Å². The van der Waals surface area contributed by atoms with Gasteiger partial charge < -0.3 is 5.21 Å². The Labute approximate surface area is 169 Å². The summed E-state index contributed by atoms with van der Waals surface area (Å²) >= 11 is 0. The molecule has 1 heterocycles. The van der Waals surface area contributed by atoms with Crippen LogP contribution in [-0.2, 0) is 0 Å². The minimum absolute atomic E-state index is 0.207. The fourth-order valence-electron chi connectivity index (χ4n) is 7.54. The van der Waals surface area contributed by atoms with E-state index in [1.165, 1.54) is 49.2 Å². The summed E-state index contributed by atoms with van der Waals surface area (Å²) in [5.74, 6) is 2.41. The van der Waals surface area contributed by atoms with Gasteiger partial charge >= 0.3 is 0 Å². The molecule has 0 aliphatic heterocycles. The molecule has 3 heteroatoms. The lowest BCUT2D eigenvalue weighted by molar-refractivity contribution is -0.101. The highest BCUT2D eigenvalue weighted by Gasteiger charge is 2.57. The second-order valence-electron chi connectivity index (χ2n) is 10.3. The van der Waals surface area contributed by atoms with E-state index in [2.05, 4.69) is 49.3 Å². The van der Waals surface area contributed by atoms with E-state index in [9.17, 15) is 5.21 Å². The molecule has 2 fully saturated rings. The Morgan fingerprint density at radius 2 is 1.93 bits per heavy atom. The third-order valence-electron chi connectivity index (χ3n) is 9.12. The Morgan fingerprint density at radius 3 is 2.68 bits per heavy atom. The SMILES string of the molecule is CN(O)C1C=C2CC[C@H]3[C@H](CC[C@]4(C)C(c5cccnc5)=CC[C@@H]34)[C@@]2(C)CC1. The van der Waals surface area contributed by atoms with Crippen LogP contribution in [0.5, 0.6) is 0 Å². The first-order valence-electron chi connectivity index (χ1n) is 11.2. The summed E-state index contributed by atoms with van der Waals surface area (Å²) in [5.41, 5.74) is 5.17. The molecule has 5 rings (SSSR count). The van der Waals surface area contributed by atoms with E-state index in [0.29, 0.717) is 10.8 Å². The minimum atomic E-state index is 0.207. The Hall–Kier alpha value is -1.45. The third kappa shape index (κ3) is 2.59. The highest BCUT2D eigenvalue weighted by Crippen LogP contribution is 2.66. The molecule has 4 aliphatic carbocycles. The van der Waals surface area contributed by atoms with Crippen molar-refractivity contribution in [1.82, 2.24) is 10.0 Å². The van der Waals surface area contributed by atoms with Crippen LogP contribution in [0.25, 0.3) is 5.57 Å². The van der Waals surface area contributed by atoms with Crippen LogP contribution in [-0.4, -0.2) is 28.3 Å². The van der Waals surface area contributed by atoms with Crippen molar-refractivity contribution in [3.8, 4) is 0 Å². The van der Waals surface area contributed by atoms with Gasteiger partial charge in [0.15, 0.2) is 0 Å². The molecule has 150 valence electrons. The summed E-state index contributed by atoms with van der Waals surface area (Å²) in [7, 11) is 1.80. The summed E-state index contributed by atoms with van der Waals surface area (Å²) in [6.07, 6.45) is 17.6. The minimum Gasteiger partial charge on any atom is -0.314 e. The Kier molecular flexibility index (Phi) is 4.33. The summed E-state index contributed by atoms with van der Waals surface area (Å²) in [4.78, 5) is 4.39. The number of allylic oxidation sites excluding steroid dienone is 3. The van der Waals surface area contributed by atoms with Crippen molar-refractivity contribution in [3.63, 3.8) is 0 Å². The Morgan fingerprint density at radius 1 is 1.11 bits per heavy atom. The predicted octanol–water partition coefficient (Wildman–Crippen LogP) is 5.73. The van der Waals surface area contributed by atoms with Crippen molar-refractivity contribution in [3.05, 3.63) is 47.8 Å². The van der Waals surface area contributed by atoms with Crippen LogP contribution in [0.1, 0.15) is 64.4 Å². The summed E-state index contributed by atoms with van der Waals surface area (Å²) in [6, 6.07) is 4.53. The predicted molar refractivity (Wildman–Crippen MR) is 113 cm³/mol. The van der Waals surface area contributed by atoms with Crippen molar-refractivity contribution in [2.75, 3.05) is 7.05 Å². The zero-order chi connectivity index (χ0) is 19.5. The Bertz CT molecular complexity index is 813. The molecular formula is C25H34N2O. The molecule has 1 N–H and O–H groups in total. The van der Waals surface area contributed by atoms with E-state index >= 15 is 0 Å². The number of likely N-dealkylation sites (N-methyl/N-ethyl adjacent to an activating group) is 1. The van der Waals surface area contributed by atoms with Gasteiger partial charge in [0, 0.05) is 19.4 Å². The molecule has 1 aromatic heterocycles. The molecule has 3 nitrogen and oxygen atoms in total. The van der Waals surface area contributed by atoms with Gasteiger partial charge in [-0.1, -0.05) is 37.6 Å². The van der Waals surface area contributed by atoms with Gasteiger partial charge in [-0.15, -0.1) is 0 Å². The van der Waals surface area contributed by atoms with Gasteiger partial charge in [-0.25, -0.2) is 0 Å². The molecule has 6 atom stereocenters. The number of rotatable bonds is 2. The second-order valence-corrected chi connectivity index (χ2v) is 10.3. The monoisotopic (exact) mass is 378 g/mol. The van der Waals surface area contributed by atoms with Gasteiger partial charge in [0.05, 0.1) is 6.04 Å². The molecule has 0 bridgehead atoms. The quantitative estimate of drug-likeness (QED) is 0.527. The van der Waals surface area contributed by atoms with Crippen molar-refractivity contribution < 1.29 is 5.21 Å². The van der Waals surface area contributed by atoms with E-state index < -0.39 is 0 Å². The van der Waals surface area contributed by atoms with Crippen LogP contribution in [0.2, 0.25) is 0 Å². The number of pyridine rings is 1. The average Bonchev–Trinajstić information content (AvgIpc) is 3.05. The first-order valence-corrected chi connectivity index (χ1v) is 11.2. The first-order chi connectivity index (χ1) is 13.4. The first kappa shape index (κ1) is 18.6. The number of nitrogens with zero attached hydrogens (tertiary/aromatic N) is 2. The van der Waals surface area contributed by atoms with E-state index in [-0.39, 0.29) is 6.04 Å². The highest BCUT2D eigenvalue weighted by atomic mass is 16.5. The maximum absolute atomic E-state index is 9.95. The van der Waals surface area contributed by atoms with Gasteiger partial charge in [0.1, 0.15) is 0 Å². The molecule has 0 amide bonds. The zero-order valence-electron chi connectivity index (χ0n) is 17.6. The number of hydrogen-bond acceptors (Lipinski definition) is 3. The molecule has 0 radical (unpaired) electrons. The van der Waals surface area contributed by atoms with Crippen molar-refractivity contribution >= 4 is 5.57 Å².